The Bertz CT molecular complexity index is 413. The molecule has 5 nitrogen and oxygen atoms in total. The number of rotatable bonds is 4. The normalized spacial score (nSPS) is 14.7. The van der Waals surface area contributed by atoms with E-state index in [-0.39, 0.29) is 17.4 Å². The van der Waals surface area contributed by atoms with E-state index in [9.17, 15) is 9.59 Å². The van der Waals surface area contributed by atoms with Crippen molar-refractivity contribution >= 4 is 12.2 Å². The monoisotopic (exact) mass is 206 g/mol. The average molecular weight is 206 g/mol. The molecule has 78 valence electrons. The molecular weight excluding hydrogens is 196 g/mol. The summed E-state index contributed by atoms with van der Waals surface area (Å²) in [4.78, 5) is 25.4. The Hall–Kier alpha value is -1.91. The lowest BCUT2D eigenvalue weighted by Gasteiger charge is -2.05. The van der Waals surface area contributed by atoms with E-state index in [2.05, 4.69) is 4.98 Å². The number of hydrogen-bond donors (Lipinski definition) is 1. The van der Waals surface area contributed by atoms with Gasteiger partial charge in [0.25, 0.3) is 5.91 Å². The second kappa shape index (κ2) is 3.68. The van der Waals surface area contributed by atoms with Crippen LogP contribution in [0.1, 0.15) is 33.7 Å². The van der Waals surface area contributed by atoms with Crippen LogP contribution in [-0.2, 0) is 0 Å². The Kier molecular flexibility index (Phi) is 2.37. The molecule has 0 aliphatic heterocycles. The molecule has 0 saturated heterocycles. The number of primary amides is 1. The van der Waals surface area contributed by atoms with Gasteiger partial charge in [-0.25, -0.2) is 4.98 Å². The second-order valence-electron chi connectivity index (χ2n) is 3.41. The van der Waals surface area contributed by atoms with Gasteiger partial charge in [0.2, 0.25) is 0 Å². The van der Waals surface area contributed by atoms with E-state index in [0.29, 0.717) is 12.0 Å². The highest BCUT2D eigenvalue weighted by Gasteiger charge is 2.24. The Balaban J connectivity index is 2.28. The van der Waals surface area contributed by atoms with Gasteiger partial charge in [0.1, 0.15) is 11.4 Å². The van der Waals surface area contributed by atoms with Crippen LogP contribution in [0.2, 0.25) is 0 Å². The summed E-state index contributed by atoms with van der Waals surface area (Å²) in [5.74, 6) is -0.209. The predicted octanol–water partition coefficient (Wildman–Crippen LogP) is 0.534. The summed E-state index contributed by atoms with van der Waals surface area (Å²) in [7, 11) is 0. The summed E-state index contributed by atoms with van der Waals surface area (Å²) in [5, 5.41) is 0. The third kappa shape index (κ3) is 2.12. The van der Waals surface area contributed by atoms with Crippen LogP contribution < -0.4 is 10.5 Å². The molecule has 2 rings (SSSR count). The molecule has 0 spiro atoms. The van der Waals surface area contributed by atoms with Crippen molar-refractivity contribution in [3.63, 3.8) is 0 Å². The Morgan fingerprint density at radius 1 is 1.60 bits per heavy atom. The molecule has 0 radical (unpaired) electrons. The Labute approximate surface area is 86.2 Å². The first-order valence-corrected chi connectivity index (χ1v) is 4.62. The Morgan fingerprint density at radius 2 is 2.33 bits per heavy atom. The molecule has 1 aliphatic rings. The van der Waals surface area contributed by atoms with E-state index in [0.717, 1.165) is 12.8 Å². The summed E-state index contributed by atoms with van der Waals surface area (Å²) in [6.07, 6.45) is 4.23. The molecule has 1 amide bonds. The summed E-state index contributed by atoms with van der Waals surface area (Å²) in [6.45, 7) is 0. The van der Waals surface area contributed by atoms with Crippen LogP contribution in [0, 0.1) is 0 Å². The number of ether oxygens (including phenoxy) is 1. The van der Waals surface area contributed by atoms with E-state index in [4.69, 9.17) is 10.5 Å². The molecule has 0 atom stereocenters. The smallest absolute Gasteiger partial charge is 0.268 e. The number of nitrogens with zero attached hydrogens (tertiary/aromatic N) is 1. The zero-order valence-corrected chi connectivity index (χ0v) is 7.97. The number of nitrogens with two attached hydrogens (primary N) is 1. The van der Waals surface area contributed by atoms with E-state index in [1.54, 1.807) is 0 Å². The van der Waals surface area contributed by atoms with Crippen LogP contribution in [0.4, 0.5) is 0 Å². The highest BCUT2D eigenvalue weighted by molar-refractivity contribution is 5.98. The van der Waals surface area contributed by atoms with Crippen molar-refractivity contribution in [2.45, 2.75) is 18.9 Å². The lowest BCUT2D eigenvalue weighted by atomic mass is 10.2. The van der Waals surface area contributed by atoms with E-state index >= 15 is 0 Å². The maximum atomic E-state index is 10.9. The van der Waals surface area contributed by atoms with Gasteiger partial charge in [0.15, 0.2) is 6.29 Å². The fourth-order valence-corrected chi connectivity index (χ4v) is 1.20. The number of amides is 1. The van der Waals surface area contributed by atoms with Crippen molar-refractivity contribution in [1.29, 1.82) is 0 Å². The van der Waals surface area contributed by atoms with Crippen LogP contribution in [0.25, 0.3) is 0 Å². The van der Waals surface area contributed by atoms with E-state index in [1.807, 2.05) is 0 Å². The number of carbonyl (C=O) groups excluding carboxylic acids is 2. The van der Waals surface area contributed by atoms with Gasteiger partial charge in [-0.1, -0.05) is 0 Å². The minimum absolute atomic E-state index is 0.0202. The number of aldehydes is 1. The van der Waals surface area contributed by atoms with Crippen LogP contribution in [-0.4, -0.2) is 23.3 Å². The molecule has 1 aliphatic carbocycles. The fraction of sp³-hybridized carbons (Fsp3) is 0.300. The quantitative estimate of drug-likeness (QED) is 0.728. The first-order chi connectivity index (χ1) is 7.20. The molecule has 15 heavy (non-hydrogen) atoms. The molecule has 1 saturated carbocycles. The third-order valence-electron chi connectivity index (χ3n) is 2.08. The molecule has 1 fully saturated rings. The standard InChI is InChI=1S/C10H10N2O3/c11-10(14)9-6(5-13)3-8(4-12-9)15-7-1-2-7/h3-5,7H,1-2H2,(H2,11,14). The zero-order chi connectivity index (χ0) is 10.8. The fourth-order valence-electron chi connectivity index (χ4n) is 1.20. The van der Waals surface area contributed by atoms with Gasteiger partial charge in [-0.3, -0.25) is 9.59 Å². The highest BCUT2D eigenvalue weighted by atomic mass is 16.5. The van der Waals surface area contributed by atoms with Gasteiger partial charge < -0.3 is 10.5 Å². The van der Waals surface area contributed by atoms with E-state index < -0.39 is 5.91 Å². The first kappa shape index (κ1) is 9.64. The van der Waals surface area contributed by atoms with Crippen LogP contribution in [0.3, 0.4) is 0 Å². The van der Waals surface area contributed by atoms with Gasteiger partial charge in [-0.2, -0.15) is 0 Å². The molecule has 5 heteroatoms. The summed E-state index contributed by atoms with van der Waals surface area (Å²) in [6, 6.07) is 1.48. The molecular formula is C10H10N2O3. The number of hydrogen-bond acceptors (Lipinski definition) is 4. The lowest BCUT2D eigenvalue weighted by Crippen LogP contribution is -2.16. The molecule has 0 unspecified atom stereocenters. The summed E-state index contributed by atoms with van der Waals surface area (Å²) >= 11 is 0. The second-order valence-corrected chi connectivity index (χ2v) is 3.41. The maximum absolute atomic E-state index is 10.9. The molecule has 2 N–H and O–H groups in total. The molecule has 0 aromatic carbocycles. The van der Waals surface area contributed by atoms with Crippen molar-refractivity contribution in [3.05, 3.63) is 23.5 Å². The topological polar surface area (TPSA) is 82.3 Å². The van der Waals surface area contributed by atoms with Gasteiger partial charge in [-0.15, -0.1) is 0 Å². The minimum atomic E-state index is -0.713. The predicted molar refractivity (Wildman–Crippen MR) is 51.8 cm³/mol. The van der Waals surface area contributed by atoms with Crippen molar-refractivity contribution in [2.75, 3.05) is 0 Å². The zero-order valence-electron chi connectivity index (χ0n) is 7.97. The minimum Gasteiger partial charge on any atom is -0.489 e. The van der Waals surface area contributed by atoms with Crippen molar-refractivity contribution in [2.24, 2.45) is 5.73 Å². The van der Waals surface area contributed by atoms with Gasteiger partial charge in [-0.05, 0) is 18.9 Å². The molecule has 0 bridgehead atoms. The Morgan fingerprint density at radius 3 is 2.87 bits per heavy atom. The summed E-state index contributed by atoms with van der Waals surface area (Å²) < 4.78 is 5.43. The van der Waals surface area contributed by atoms with Crippen LogP contribution >= 0.6 is 0 Å². The number of pyridine rings is 1. The molecule has 1 heterocycles. The first-order valence-electron chi connectivity index (χ1n) is 4.62. The van der Waals surface area contributed by atoms with Crippen molar-refractivity contribution in [3.8, 4) is 5.75 Å². The third-order valence-corrected chi connectivity index (χ3v) is 2.08. The van der Waals surface area contributed by atoms with Gasteiger partial charge >= 0.3 is 0 Å². The SMILES string of the molecule is NC(=O)c1ncc(OC2CC2)cc1C=O. The van der Waals surface area contributed by atoms with Crippen LogP contribution in [0.5, 0.6) is 5.75 Å². The average Bonchev–Trinajstić information content (AvgIpc) is 3.01. The largest absolute Gasteiger partial charge is 0.489 e. The van der Waals surface area contributed by atoms with E-state index in [1.165, 1.54) is 12.3 Å². The van der Waals surface area contributed by atoms with Gasteiger partial charge in [0.05, 0.1) is 12.3 Å². The maximum Gasteiger partial charge on any atom is 0.268 e. The number of aromatic nitrogens is 1. The van der Waals surface area contributed by atoms with Crippen molar-refractivity contribution < 1.29 is 14.3 Å². The highest BCUT2D eigenvalue weighted by Crippen LogP contribution is 2.26. The van der Waals surface area contributed by atoms with Crippen LogP contribution in [0.15, 0.2) is 12.3 Å². The number of carbonyl (C=O) groups is 2. The summed E-state index contributed by atoms with van der Waals surface area (Å²) in [5.41, 5.74) is 5.20. The molecule has 1 aromatic rings. The lowest BCUT2D eigenvalue weighted by molar-refractivity contribution is 0.0988. The van der Waals surface area contributed by atoms with Crippen molar-refractivity contribution in [1.82, 2.24) is 4.98 Å². The van der Waals surface area contributed by atoms with Gasteiger partial charge in [0, 0.05) is 5.56 Å². The molecule has 1 aromatic heterocycles.